The molecular weight excluding hydrogens is 426 g/mol. The van der Waals surface area contributed by atoms with Gasteiger partial charge in [0.25, 0.3) is 0 Å². The Morgan fingerprint density at radius 1 is 1.19 bits per heavy atom. The highest BCUT2D eigenvalue weighted by Crippen LogP contribution is 2.34. The van der Waals surface area contributed by atoms with Crippen LogP contribution in [0.3, 0.4) is 0 Å². The number of rotatable bonds is 7. The number of methoxy groups -OCH3 is 1. The molecule has 2 atom stereocenters. The van der Waals surface area contributed by atoms with Gasteiger partial charge in [-0.05, 0) is 80.7 Å². The number of likely N-dealkylation sites (tertiary alicyclic amines) is 1. The minimum absolute atomic E-state index is 0.0287. The number of carbonyl (C=O) groups is 1. The number of nitrogens with one attached hydrogen (secondary N) is 1. The summed E-state index contributed by atoms with van der Waals surface area (Å²) >= 11 is 0. The molecule has 0 aliphatic carbocycles. The Morgan fingerprint density at radius 3 is 2.62 bits per heavy atom. The number of hydrogen-bond acceptors (Lipinski definition) is 5. The summed E-state index contributed by atoms with van der Waals surface area (Å²) in [5.74, 6) is 0.731. The fourth-order valence-corrected chi connectivity index (χ4v) is 5.97. The lowest BCUT2D eigenvalue weighted by molar-refractivity contribution is -0.116. The Bertz CT molecular complexity index is 1100. The number of amides is 1. The van der Waals surface area contributed by atoms with Crippen molar-refractivity contribution in [3.8, 4) is 5.75 Å². The van der Waals surface area contributed by atoms with Gasteiger partial charge in [0.05, 0.1) is 12.0 Å². The fourth-order valence-electron chi connectivity index (χ4n) is 4.89. The second-order valence-corrected chi connectivity index (χ2v) is 10.4. The predicted molar refractivity (Wildman–Crippen MR) is 124 cm³/mol. The Balaban J connectivity index is 1.55. The first kappa shape index (κ1) is 22.8. The van der Waals surface area contributed by atoms with Gasteiger partial charge >= 0.3 is 0 Å². The minimum atomic E-state index is -3.70. The van der Waals surface area contributed by atoms with Crippen LogP contribution < -0.4 is 14.4 Å². The van der Waals surface area contributed by atoms with Crippen LogP contribution in [-0.2, 0) is 21.2 Å². The van der Waals surface area contributed by atoms with Gasteiger partial charge in [-0.15, -0.1) is 0 Å². The molecule has 8 heteroatoms. The molecule has 0 aromatic heterocycles. The largest absolute Gasteiger partial charge is 0.497 e. The lowest BCUT2D eigenvalue weighted by Gasteiger charge is -2.28. The smallest absolute Gasteiger partial charge is 0.240 e. The van der Waals surface area contributed by atoms with Crippen LogP contribution >= 0.6 is 0 Å². The van der Waals surface area contributed by atoms with Crippen molar-refractivity contribution >= 4 is 21.6 Å². The molecule has 1 amide bonds. The summed E-state index contributed by atoms with van der Waals surface area (Å²) in [7, 11) is -2.06. The molecule has 0 unspecified atom stereocenters. The van der Waals surface area contributed by atoms with E-state index in [2.05, 4.69) is 9.62 Å². The summed E-state index contributed by atoms with van der Waals surface area (Å²) < 4.78 is 34.5. The fraction of sp³-hybridized carbons (Fsp3) is 0.458. The molecule has 2 aliphatic rings. The molecule has 0 radical (unpaired) electrons. The van der Waals surface area contributed by atoms with Crippen molar-refractivity contribution in [1.82, 2.24) is 9.62 Å². The number of nitrogens with zero attached hydrogens (tertiary/aromatic N) is 2. The normalized spacial score (nSPS) is 19.7. The van der Waals surface area contributed by atoms with E-state index in [1.807, 2.05) is 31.2 Å². The van der Waals surface area contributed by atoms with Crippen molar-refractivity contribution in [3.05, 3.63) is 53.6 Å². The first-order chi connectivity index (χ1) is 15.3. The van der Waals surface area contributed by atoms with E-state index >= 15 is 0 Å². The first-order valence-corrected chi connectivity index (χ1v) is 12.6. The van der Waals surface area contributed by atoms with E-state index in [9.17, 15) is 13.2 Å². The third kappa shape index (κ3) is 4.53. The standard InChI is InChI=1S/C24H31N3O4S/c1-17-13-20-15-22(9-10-23(20)27(17)18(2)28)32(29,30)25-16-24(26-11-4-5-12-26)19-7-6-8-21(14-19)31-3/h6-10,14-15,17,24-25H,4-5,11-13,16H2,1-3H3/t17-,24-/m0/s1. The number of sulfonamides is 1. The van der Waals surface area contributed by atoms with Gasteiger partial charge in [-0.25, -0.2) is 13.1 Å². The molecule has 2 aliphatic heterocycles. The van der Waals surface area contributed by atoms with Crippen LogP contribution in [0.25, 0.3) is 0 Å². The van der Waals surface area contributed by atoms with E-state index in [4.69, 9.17) is 4.74 Å². The molecule has 0 spiro atoms. The van der Waals surface area contributed by atoms with E-state index in [0.717, 1.165) is 48.5 Å². The van der Waals surface area contributed by atoms with E-state index in [1.54, 1.807) is 30.2 Å². The van der Waals surface area contributed by atoms with Crippen LogP contribution in [0.15, 0.2) is 47.4 Å². The molecule has 4 rings (SSSR count). The van der Waals surface area contributed by atoms with Gasteiger partial charge in [-0.3, -0.25) is 9.69 Å². The SMILES string of the molecule is COc1cccc([C@H](CNS(=O)(=O)c2ccc3c(c2)C[C@H](C)N3C(C)=O)N2CCCC2)c1. The first-order valence-electron chi connectivity index (χ1n) is 11.1. The molecule has 1 fully saturated rings. The average Bonchev–Trinajstić information content (AvgIpc) is 3.40. The monoisotopic (exact) mass is 457 g/mol. The van der Waals surface area contributed by atoms with Gasteiger partial charge in [0.2, 0.25) is 15.9 Å². The molecule has 1 N–H and O–H groups in total. The van der Waals surface area contributed by atoms with Gasteiger partial charge in [0.1, 0.15) is 5.75 Å². The van der Waals surface area contributed by atoms with Gasteiger partial charge in [-0.1, -0.05) is 12.1 Å². The van der Waals surface area contributed by atoms with Crippen molar-refractivity contribution in [2.45, 2.75) is 50.1 Å². The van der Waals surface area contributed by atoms with Crippen molar-refractivity contribution in [3.63, 3.8) is 0 Å². The van der Waals surface area contributed by atoms with Gasteiger partial charge in [0, 0.05) is 31.2 Å². The second-order valence-electron chi connectivity index (χ2n) is 8.62. The molecule has 2 aromatic carbocycles. The quantitative estimate of drug-likeness (QED) is 0.691. The Morgan fingerprint density at radius 2 is 1.94 bits per heavy atom. The van der Waals surface area contributed by atoms with E-state index < -0.39 is 10.0 Å². The molecule has 32 heavy (non-hydrogen) atoms. The number of benzene rings is 2. The molecular formula is C24H31N3O4S. The lowest BCUT2D eigenvalue weighted by atomic mass is 10.1. The molecule has 7 nitrogen and oxygen atoms in total. The summed E-state index contributed by atoms with van der Waals surface area (Å²) in [6.45, 7) is 5.68. The van der Waals surface area contributed by atoms with E-state index in [1.165, 1.54) is 6.92 Å². The van der Waals surface area contributed by atoms with Crippen molar-refractivity contribution in [2.24, 2.45) is 0 Å². The van der Waals surface area contributed by atoms with Crippen LogP contribution in [0.2, 0.25) is 0 Å². The van der Waals surface area contributed by atoms with Crippen LogP contribution in [0.4, 0.5) is 5.69 Å². The average molecular weight is 458 g/mol. The summed E-state index contributed by atoms with van der Waals surface area (Å²) in [6, 6.07) is 12.8. The van der Waals surface area contributed by atoms with Gasteiger partial charge in [-0.2, -0.15) is 0 Å². The van der Waals surface area contributed by atoms with Crippen LogP contribution in [0.1, 0.15) is 43.9 Å². The van der Waals surface area contributed by atoms with Crippen LogP contribution in [-0.4, -0.2) is 52.0 Å². The summed E-state index contributed by atoms with van der Waals surface area (Å²) in [5.41, 5.74) is 2.73. The highest BCUT2D eigenvalue weighted by Gasteiger charge is 2.31. The van der Waals surface area contributed by atoms with Crippen molar-refractivity contribution in [1.29, 1.82) is 0 Å². The summed E-state index contributed by atoms with van der Waals surface area (Å²) in [5, 5.41) is 0. The second kappa shape index (κ2) is 9.21. The Kier molecular flexibility index (Phi) is 6.55. The highest BCUT2D eigenvalue weighted by atomic mass is 32.2. The number of fused-ring (bicyclic) bond motifs is 1. The van der Waals surface area contributed by atoms with E-state index in [-0.39, 0.29) is 29.4 Å². The van der Waals surface area contributed by atoms with E-state index in [0.29, 0.717) is 6.42 Å². The maximum absolute atomic E-state index is 13.2. The number of anilines is 1. The molecule has 172 valence electrons. The maximum Gasteiger partial charge on any atom is 0.240 e. The predicted octanol–water partition coefficient (Wildman–Crippen LogP) is 3.11. The molecule has 0 saturated carbocycles. The zero-order valence-electron chi connectivity index (χ0n) is 18.9. The third-order valence-corrected chi connectivity index (χ3v) is 7.86. The highest BCUT2D eigenvalue weighted by molar-refractivity contribution is 7.89. The number of carbonyl (C=O) groups excluding carboxylic acids is 1. The zero-order chi connectivity index (χ0) is 22.9. The maximum atomic E-state index is 13.2. The van der Waals surface area contributed by atoms with Crippen LogP contribution in [0, 0.1) is 0 Å². The molecule has 2 heterocycles. The zero-order valence-corrected chi connectivity index (χ0v) is 19.7. The van der Waals surface area contributed by atoms with Gasteiger partial charge < -0.3 is 9.64 Å². The topological polar surface area (TPSA) is 79.0 Å². The number of hydrogen-bond donors (Lipinski definition) is 1. The lowest BCUT2D eigenvalue weighted by Crippen LogP contribution is -2.36. The summed E-state index contributed by atoms with van der Waals surface area (Å²) in [6.07, 6.45) is 2.88. The van der Waals surface area contributed by atoms with Gasteiger partial charge in [0.15, 0.2) is 0 Å². The van der Waals surface area contributed by atoms with Crippen LogP contribution in [0.5, 0.6) is 5.75 Å². The van der Waals surface area contributed by atoms with Crippen molar-refractivity contribution < 1.29 is 17.9 Å². The summed E-state index contributed by atoms with van der Waals surface area (Å²) in [4.78, 5) is 16.3. The Labute approximate surface area is 190 Å². The molecule has 0 bridgehead atoms. The third-order valence-electron chi connectivity index (χ3n) is 6.44. The Hall–Kier alpha value is -2.42. The molecule has 2 aromatic rings. The molecule has 1 saturated heterocycles. The minimum Gasteiger partial charge on any atom is -0.497 e. The van der Waals surface area contributed by atoms with Crippen molar-refractivity contribution in [2.75, 3.05) is 31.6 Å². The number of ether oxygens (including phenoxy) is 1.